The van der Waals surface area contributed by atoms with Crippen molar-refractivity contribution < 1.29 is 4.79 Å². The number of nitrogens with zero attached hydrogens (tertiary/aromatic N) is 1. The van der Waals surface area contributed by atoms with Gasteiger partial charge in [-0.1, -0.05) is 11.6 Å². The minimum absolute atomic E-state index is 0.203. The average Bonchev–Trinajstić information content (AvgIpc) is 2.66. The normalized spacial score (nSPS) is 26.6. The van der Waals surface area contributed by atoms with Crippen molar-refractivity contribution in [3.8, 4) is 0 Å². The van der Waals surface area contributed by atoms with Crippen LogP contribution >= 0.6 is 0 Å². The topological polar surface area (TPSA) is 46.3 Å². The van der Waals surface area contributed by atoms with E-state index < -0.39 is 0 Å². The van der Waals surface area contributed by atoms with Gasteiger partial charge in [0, 0.05) is 25.6 Å². The molecular formula is C12H20N2O. The van der Waals surface area contributed by atoms with Gasteiger partial charge in [0.2, 0.25) is 5.91 Å². The predicted molar refractivity (Wildman–Crippen MR) is 60.3 cm³/mol. The van der Waals surface area contributed by atoms with Crippen molar-refractivity contribution in [2.24, 2.45) is 5.73 Å². The lowest BCUT2D eigenvalue weighted by Crippen LogP contribution is -2.32. The van der Waals surface area contributed by atoms with Gasteiger partial charge in [0.25, 0.3) is 0 Å². The maximum Gasteiger partial charge on any atom is 0.226 e. The van der Waals surface area contributed by atoms with Crippen LogP contribution < -0.4 is 5.73 Å². The van der Waals surface area contributed by atoms with E-state index in [0.29, 0.717) is 6.42 Å². The number of carbonyl (C=O) groups is 1. The van der Waals surface area contributed by atoms with Crippen LogP contribution in [0, 0.1) is 0 Å². The van der Waals surface area contributed by atoms with E-state index in [1.165, 1.54) is 18.4 Å². The first-order chi connectivity index (χ1) is 7.25. The number of likely N-dealkylation sites (tertiary alicyclic amines) is 1. The van der Waals surface area contributed by atoms with Gasteiger partial charge < -0.3 is 10.6 Å². The monoisotopic (exact) mass is 208 g/mol. The van der Waals surface area contributed by atoms with Gasteiger partial charge in [0.15, 0.2) is 0 Å². The van der Waals surface area contributed by atoms with Crippen molar-refractivity contribution >= 4 is 5.91 Å². The van der Waals surface area contributed by atoms with Crippen molar-refractivity contribution in [3.63, 3.8) is 0 Å². The summed E-state index contributed by atoms with van der Waals surface area (Å²) in [6.45, 7) is 1.61. The molecule has 0 aromatic rings. The van der Waals surface area contributed by atoms with E-state index in [9.17, 15) is 4.79 Å². The number of hydrogen-bond donors (Lipinski definition) is 1. The molecule has 1 saturated heterocycles. The molecule has 0 saturated carbocycles. The first kappa shape index (κ1) is 10.7. The summed E-state index contributed by atoms with van der Waals surface area (Å²) in [5, 5.41) is 0. The Morgan fingerprint density at radius 3 is 3.00 bits per heavy atom. The van der Waals surface area contributed by atoms with Crippen molar-refractivity contribution in [1.82, 2.24) is 4.90 Å². The molecule has 1 fully saturated rings. The summed E-state index contributed by atoms with van der Waals surface area (Å²) < 4.78 is 0. The fraction of sp³-hybridized carbons (Fsp3) is 0.750. The maximum atomic E-state index is 11.9. The van der Waals surface area contributed by atoms with Crippen LogP contribution in [0.15, 0.2) is 11.6 Å². The Morgan fingerprint density at radius 1 is 1.53 bits per heavy atom. The van der Waals surface area contributed by atoms with E-state index in [0.717, 1.165) is 32.4 Å². The minimum atomic E-state index is 0.203. The molecule has 1 aliphatic heterocycles. The minimum Gasteiger partial charge on any atom is -0.341 e. The quantitative estimate of drug-likeness (QED) is 0.698. The van der Waals surface area contributed by atoms with Gasteiger partial charge in [-0.15, -0.1) is 0 Å². The standard InChI is InChI=1S/C12H20N2O/c13-11-6-7-14(9-11)12(15)8-10-4-2-1-3-5-10/h4,11H,1-3,5-9,13H2/t11-/m1/s1. The van der Waals surface area contributed by atoms with E-state index in [2.05, 4.69) is 6.08 Å². The summed E-state index contributed by atoms with van der Waals surface area (Å²) in [5.41, 5.74) is 7.13. The molecule has 1 aliphatic carbocycles. The molecule has 84 valence electrons. The van der Waals surface area contributed by atoms with E-state index >= 15 is 0 Å². The molecule has 0 aromatic heterocycles. The molecule has 0 radical (unpaired) electrons. The fourth-order valence-corrected chi connectivity index (χ4v) is 2.39. The second kappa shape index (κ2) is 4.79. The fourth-order valence-electron chi connectivity index (χ4n) is 2.39. The highest BCUT2D eigenvalue weighted by Gasteiger charge is 2.23. The number of hydrogen-bond acceptors (Lipinski definition) is 2. The van der Waals surface area contributed by atoms with Crippen molar-refractivity contribution in [2.45, 2.75) is 44.6 Å². The zero-order valence-electron chi connectivity index (χ0n) is 9.24. The van der Waals surface area contributed by atoms with E-state index in [4.69, 9.17) is 5.73 Å². The number of amides is 1. The maximum absolute atomic E-state index is 11.9. The van der Waals surface area contributed by atoms with Gasteiger partial charge in [-0.2, -0.15) is 0 Å². The molecule has 2 rings (SSSR count). The lowest BCUT2D eigenvalue weighted by Gasteiger charge is -2.18. The van der Waals surface area contributed by atoms with Crippen LogP contribution in [0.25, 0.3) is 0 Å². The van der Waals surface area contributed by atoms with Crippen LogP contribution in [0.4, 0.5) is 0 Å². The van der Waals surface area contributed by atoms with E-state index in [1.807, 2.05) is 4.90 Å². The molecule has 1 heterocycles. The Labute approximate surface area is 91.3 Å². The molecule has 15 heavy (non-hydrogen) atoms. The van der Waals surface area contributed by atoms with Crippen molar-refractivity contribution in [3.05, 3.63) is 11.6 Å². The molecule has 2 aliphatic rings. The summed E-state index contributed by atoms with van der Waals surface area (Å²) in [4.78, 5) is 13.8. The molecule has 0 spiro atoms. The predicted octanol–water partition coefficient (Wildman–Crippen LogP) is 1.44. The van der Waals surface area contributed by atoms with Crippen LogP contribution in [0.5, 0.6) is 0 Å². The third kappa shape index (κ3) is 2.81. The van der Waals surface area contributed by atoms with Crippen LogP contribution in [0.2, 0.25) is 0 Å². The summed E-state index contributed by atoms with van der Waals surface area (Å²) in [6.07, 6.45) is 8.65. The van der Waals surface area contributed by atoms with Gasteiger partial charge in [0.1, 0.15) is 0 Å². The van der Waals surface area contributed by atoms with Crippen molar-refractivity contribution in [1.29, 1.82) is 0 Å². The lowest BCUT2D eigenvalue weighted by atomic mass is 9.97. The van der Waals surface area contributed by atoms with E-state index in [-0.39, 0.29) is 11.9 Å². The molecule has 0 unspecified atom stereocenters. The summed E-state index contributed by atoms with van der Waals surface area (Å²) in [6, 6.07) is 0.203. The van der Waals surface area contributed by atoms with Gasteiger partial charge in [0.05, 0.1) is 0 Å². The smallest absolute Gasteiger partial charge is 0.226 e. The third-order valence-electron chi connectivity index (χ3n) is 3.34. The molecule has 3 nitrogen and oxygen atoms in total. The third-order valence-corrected chi connectivity index (χ3v) is 3.34. The molecular weight excluding hydrogens is 188 g/mol. The molecule has 1 amide bonds. The number of carbonyl (C=O) groups excluding carboxylic acids is 1. The van der Waals surface area contributed by atoms with Crippen LogP contribution in [-0.4, -0.2) is 29.9 Å². The zero-order valence-corrected chi connectivity index (χ0v) is 9.24. The van der Waals surface area contributed by atoms with Gasteiger partial charge in [-0.05, 0) is 32.1 Å². The summed E-state index contributed by atoms with van der Waals surface area (Å²) in [7, 11) is 0. The second-order valence-electron chi connectivity index (χ2n) is 4.67. The van der Waals surface area contributed by atoms with Gasteiger partial charge in [-0.25, -0.2) is 0 Å². The Balaban J connectivity index is 1.83. The molecule has 1 atom stereocenters. The first-order valence-electron chi connectivity index (χ1n) is 5.97. The number of nitrogens with two attached hydrogens (primary N) is 1. The Morgan fingerprint density at radius 2 is 2.40 bits per heavy atom. The van der Waals surface area contributed by atoms with Crippen LogP contribution in [0.1, 0.15) is 38.5 Å². The molecule has 0 bridgehead atoms. The van der Waals surface area contributed by atoms with Gasteiger partial charge >= 0.3 is 0 Å². The lowest BCUT2D eigenvalue weighted by molar-refractivity contribution is -0.129. The highest BCUT2D eigenvalue weighted by molar-refractivity contribution is 5.79. The Bertz CT molecular complexity index is 273. The van der Waals surface area contributed by atoms with Crippen LogP contribution in [0.3, 0.4) is 0 Å². The first-order valence-corrected chi connectivity index (χ1v) is 5.97. The molecule has 2 N–H and O–H groups in total. The van der Waals surface area contributed by atoms with E-state index in [1.54, 1.807) is 0 Å². The molecule has 0 aromatic carbocycles. The largest absolute Gasteiger partial charge is 0.341 e. The highest BCUT2D eigenvalue weighted by Crippen LogP contribution is 2.21. The summed E-state index contributed by atoms with van der Waals surface area (Å²) in [5.74, 6) is 0.274. The summed E-state index contributed by atoms with van der Waals surface area (Å²) >= 11 is 0. The highest BCUT2D eigenvalue weighted by atomic mass is 16.2. The number of allylic oxidation sites excluding steroid dienone is 1. The Hall–Kier alpha value is -0.830. The Kier molecular flexibility index (Phi) is 3.41. The zero-order chi connectivity index (χ0) is 10.7. The SMILES string of the molecule is N[C@@H]1CCN(C(=O)CC2=CCCCC2)C1. The molecule has 3 heteroatoms. The van der Waals surface area contributed by atoms with Crippen molar-refractivity contribution in [2.75, 3.05) is 13.1 Å². The second-order valence-corrected chi connectivity index (χ2v) is 4.67. The average molecular weight is 208 g/mol. The number of rotatable bonds is 2. The van der Waals surface area contributed by atoms with Crippen LogP contribution in [-0.2, 0) is 4.79 Å². The van der Waals surface area contributed by atoms with Gasteiger partial charge in [-0.3, -0.25) is 4.79 Å².